The van der Waals surface area contributed by atoms with E-state index in [4.69, 9.17) is 4.74 Å². The van der Waals surface area contributed by atoms with E-state index < -0.39 is 0 Å². The third kappa shape index (κ3) is 1.83. The van der Waals surface area contributed by atoms with Gasteiger partial charge in [-0.1, -0.05) is 0 Å². The van der Waals surface area contributed by atoms with Gasteiger partial charge >= 0.3 is 65.6 Å². The predicted molar refractivity (Wildman–Crippen MR) is 32.6 cm³/mol. The Kier molecular flexibility index (Phi) is 2.29. The van der Waals surface area contributed by atoms with E-state index in [-0.39, 0.29) is 0 Å². The zero-order chi connectivity index (χ0) is 6.69. The number of benzene rings is 1. The summed E-state index contributed by atoms with van der Waals surface area (Å²) in [5, 5.41) is 0. The molecule has 0 atom stereocenters. The van der Waals surface area contributed by atoms with E-state index in [1.165, 1.54) is 3.95 Å². The SMILES string of the molecule is COc1ccc[c]([Pt])c1. The third-order valence-corrected chi connectivity index (χ3v) is 1.72. The van der Waals surface area contributed by atoms with Crippen LogP contribution in [0.2, 0.25) is 0 Å². The Morgan fingerprint density at radius 1 is 1.44 bits per heavy atom. The van der Waals surface area contributed by atoms with Crippen molar-refractivity contribution in [2.24, 2.45) is 0 Å². The van der Waals surface area contributed by atoms with Crippen LogP contribution in [0.4, 0.5) is 0 Å². The van der Waals surface area contributed by atoms with Crippen LogP contribution in [-0.2, 0) is 19.8 Å². The van der Waals surface area contributed by atoms with Crippen molar-refractivity contribution in [3.8, 4) is 5.75 Å². The number of rotatable bonds is 1. The average molecular weight is 302 g/mol. The molecule has 0 spiro atoms. The van der Waals surface area contributed by atoms with Crippen molar-refractivity contribution in [1.82, 2.24) is 0 Å². The topological polar surface area (TPSA) is 9.23 Å². The summed E-state index contributed by atoms with van der Waals surface area (Å²) in [5.74, 6) is 0.919. The van der Waals surface area contributed by atoms with Crippen molar-refractivity contribution in [3.63, 3.8) is 0 Å². The molecule has 1 aromatic rings. The number of ether oxygens (including phenoxy) is 1. The van der Waals surface area contributed by atoms with Crippen molar-refractivity contribution < 1.29 is 24.6 Å². The molecule has 1 nitrogen and oxygen atoms in total. The molecule has 51 valence electrons. The molecule has 0 aliphatic carbocycles. The van der Waals surface area contributed by atoms with Gasteiger partial charge in [-0.2, -0.15) is 0 Å². The molecule has 0 bridgehead atoms. The van der Waals surface area contributed by atoms with Crippen molar-refractivity contribution in [2.75, 3.05) is 7.11 Å². The molecule has 1 aromatic carbocycles. The normalized spacial score (nSPS) is 9.22. The Bertz CT molecular complexity index is 198. The van der Waals surface area contributed by atoms with Gasteiger partial charge in [0.1, 0.15) is 0 Å². The Balaban J connectivity index is 2.94. The van der Waals surface area contributed by atoms with Crippen molar-refractivity contribution >= 4 is 3.95 Å². The first-order valence-corrected chi connectivity index (χ1v) is 3.73. The van der Waals surface area contributed by atoms with Gasteiger partial charge < -0.3 is 0 Å². The van der Waals surface area contributed by atoms with Crippen LogP contribution in [0, 0.1) is 0 Å². The first-order chi connectivity index (χ1) is 4.33. The molecule has 0 unspecified atom stereocenters. The van der Waals surface area contributed by atoms with Crippen LogP contribution < -0.4 is 8.69 Å². The van der Waals surface area contributed by atoms with Crippen LogP contribution in [0.15, 0.2) is 24.3 Å². The summed E-state index contributed by atoms with van der Waals surface area (Å²) in [6.07, 6.45) is 0. The predicted octanol–water partition coefficient (Wildman–Crippen LogP) is 0.867. The van der Waals surface area contributed by atoms with Crippen LogP contribution in [0.1, 0.15) is 0 Å². The molecule has 0 N–H and O–H groups in total. The van der Waals surface area contributed by atoms with Gasteiger partial charge in [-0.3, -0.25) is 0 Å². The monoisotopic (exact) mass is 302 g/mol. The van der Waals surface area contributed by atoms with Crippen LogP contribution in [0.3, 0.4) is 0 Å². The molecule has 1 rings (SSSR count). The van der Waals surface area contributed by atoms with Crippen LogP contribution in [0.5, 0.6) is 5.75 Å². The quantitative estimate of drug-likeness (QED) is 0.748. The maximum absolute atomic E-state index is 4.99. The summed E-state index contributed by atoms with van der Waals surface area (Å²) >= 11 is 2.23. The van der Waals surface area contributed by atoms with E-state index in [1.54, 1.807) is 7.11 Å². The van der Waals surface area contributed by atoms with E-state index in [2.05, 4.69) is 19.8 Å². The van der Waals surface area contributed by atoms with Gasteiger partial charge in [-0.15, -0.1) is 0 Å². The van der Waals surface area contributed by atoms with Crippen molar-refractivity contribution in [1.29, 1.82) is 0 Å². The third-order valence-electron chi connectivity index (χ3n) is 1.01. The van der Waals surface area contributed by atoms with Gasteiger partial charge in [-0.05, 0) is 0 Å². The van der Waals surface area contributed by atoms with Crippen molar-refractivity contribution in [2.45, 2.75) is 0 Å². The molecule has 0 heterocycles. The fourth-order valence-electron chi connectivity index (χ4n) is 0.579. The summed E-state index contributed by atoms with van der Waals surface area (Å²) in [5.41, 5.74) is 0. The first-order valence-electron chi connectivity index (χ1n) is 2.59. The Hall–Kier alpha value is -0.292. The second kappa shape index (κ2) is 3.03. The van der Waals surface area contributed by atoms with E-state index in [0.717, 1.165) is 5.75 Å². The second-order valence-corrected chi connectivity index (χ2v) is 2.94. The molecule has 2 heteroatoms. The number of hydrogen-bond acceptors (Lipinski definition) is 1. The minimum absolute atomic E-state index is 0.919. The summed E-state index contributed by atoms with van der Waals surface area (Å²) in [4.78, 5) is 0. The maximum atomic E-state index is 4.99. The Labute approximate surface area is 65.9 Å². The molecule has 0 aliphatic rings. The number of methoxy groups -OCH3 is 1. The van der Waals surface area contributed by atoms with Gasteiger partial charge in [0.15, 0.2) is 0 Å². The fourth-order valence-corrected chi connectivity index (χ4v) is 1.12. The molecule has 0 radical (unpaired) electrons. The van der Waals surface area contributed by atoms with Gasteiger partial charge in [0.05, 0.1) is 0 Å². The fraction of sp³-hybridized carbons (Fsp3) is 0.143. The Morgan fingerprint density at radius 3 is 2.67 bits per heavy atom. The zero-order valence-corrected chi connectivity index (χ0v) is 7.31. The average Bonchev–Trinajstić information content (AvgIpc) is 1.88. The first kappa shape index (κ1) is 6.82. The molecule has 0 amide bonds. The van der Waals surface area contributed by atoms with Crippen molar-refractivity contribution in [3.05, 3.63) is 24.3 Å². The van der Waals surface area contributed by atoms with Crippen LogP contribution in [-0.4, -0.2) is 7.11 Å². The number of hydrogen-bond donors (Lipinski definition) is 0. The molecular weight excluding hydrogens is 295 g/mol. The van der Waals surface area contributed by atoms with E-state index >= 15 is 0 Å². The molecule has 0 saturated heterocycles. The molecule has 9 heavy (non-hydrogen) atoms. The van der Waals surface area contributed by atoms with Crippen LogP contribution >= 0.6 is 0 Å². The summed E-state index contributed by atoms with van der Waals surface area (Å²) < 4.78 is 6.19. The summed E-state index contributed by atoms with van der Waals surface area (Å²) in [7, 11) is 1.67. The van der Waals surface area contributed by atoms with Gasteiger partial charge in [-0.25, -0.2) is 0 Å². The van der Waals surface area contributed by atoms with E-state index in [9.17, 15) is 0 Å². The summed E-state index contributed by atoms with van der Waals surface area (Å²) in [6.45, 7) is 0. The van der Waals surface area contributed by atoms with Crippen LogP contribution in [0.25, 0.3) is 0 Å². The second-order valence-electron chi connectivity index (χ2n) is 1.63. The minimum atomic E-state index is 0.919. The van der Waals surface area contributed by atoms with Gasteiger partial charge in [0.25, 0.3) is 0 Å². The van der Waals surface area contributed by atoms with Gasteiger partial charge in [0.2, 0.25) is 0 Å². The zero-order valence-electron chi connectivity index (χ0n) is 5.03. The van der Waals surface area contributed by atoms with Gasteiger partial charge in [0, 0.05) is 0 Å². The molecule has 0 aromatic heterocycles. The molecule has 0 fully saturated rings. The molecule has 0 aliphatic heterocycles. The summed E-state index contributed by atoms with van der Waals surface area (Å²) in [6, 6.07) is 7.93. The molecular formula is C7H7OPt. The van der Waals surface area contributed by atoms with E-state index in [0.29, 0.717) is 0 Å². The molecule has 0 saturated carbocycles. The Morgan fingerprint density at radius 2 is 2.22 bits per heavy atom. The van der Waals surface area contributed by atoms with E-state index in [1.807, 2.05) is 24.3 Å². The standard InChI is InChI=1S/C7H7O.Pt/c1-8-7-5-3-2-4-6-7;/h2-3,5-6H,1H3;.